The maximum absolute atomic E-state index is 13.4. The second-order valence-electron chi connectivity index (χ2n) is 3.76. The van der Waals surface area contributed by atoms with Crippen molar-refractivity contribution in [1.82, 2.24) is 14.7 Å². The molecule has 0 saturated carbocycles. The highest BCUT2D eigenvalue weighted by Gasteiger charge is 2.18. The van der Waals surface area contributed by atoms with Gasteiger partial charge < -0.3 is 10.6 Å². The lowest BCUT2D eigenvalue weighted by Crippen LogP contribution is -2.24. The van der Waals surface area contributed by atoms with E-state index < -0.39 is 17.3 Å². The van der Waals surface area contributed by atoms with Crippen molar-refractivity contribution in [3.05, 3.63) is 39.6 Å². The Kier molecular flexibility index (Phi) is 3.61. The minimum absolute atomic E-state index is 0.0460. The number of anilines is 2. The summed E-state index contributed by atoms with van der Waals surface area (Å²) >= 11 is 0.953. The van der Waals surface area contributed by atoms with Gasteiger partial charge in [0.2, 0.25) is 0 Å². The van der Waals surface area contributed by atoms with E-state index in [4.69, 9.17) is 0 Å². The van der Waals surface area contributed by atoms with Crippen molar-refractivity contribution in [1.29, 1.82) is 0 Å². The predicted octanol–water partition coefficient (Wildman–Crippen LogP) is 1.38. The topological polar surface area (TPSA) is 86.9 Å². The van der Waals surface area contributed by atoms with Crippen LogP contribution in [0.5, 0.6) is 0 Å². The number of nitrogens with one attached hydrogen (secondary N) is 3. The van der Waals surface area contributed by atoms with E-state index in [0.29, 0.717) is 10.6 Å². The Balaban J connectivity index is 2.36. The SMILES string of the molecule is CNC(=O)c1c(Nc2cc(F)c(C)cn2)s[nH]c1=O. The first-order valence-electron chi connectivity index (χ1n) is 5.35. The molecule has 0 radical (unpaired) electrons. The molecule has 19 heavy (non-hydrogen) atoms. The molecular weight excluding hydrogens is 271 g/mol. The summed E-state index contributed by atoms with van der Waals surface area (Å²) in [6.45, 7) is 1.59. The molecule has 0 unspecified atom stereocenters. The van der Waals surface area contributed by atoms with Gasteiger partial charge >= 0.3 is 0 Å². The fraction of sp³-hybridized carbons (Fsp3) is 0.182. The molecule has 0 saturated heterocycles. The summed E-state index contributed by atoms with van der Waals surface area (Å²) in [4.78, 5) is 27.1. The van der Waals surface area contributed by atoms with Crippen molar-refractivity contribution in [2.45, 2.75) is 6.92 Å². The van der Waals surface area contributed by atoms with E-state index in [1.54, 1.807) is 6.92 Å². The average molecular weight is 282 g/mol. The van der Waals surface area contributed by atoms with Crippen LogP contribution in [0.2, 0.25) is 0 Å². The lowest BCUT2D eigenvalue weighted by Gasteiger charge is -2.05. The summed E-state index contributed by atoms with van der Waals surface area (Å²) in [5, 5.41) is 5.41. The molecule has 6 nitrogen and oxygen atoms in total. The molecule has 0 aliphatic heterocycles. The van der Waals surface area contributed by atoms with Crippen molar-refractivity contribution in [3.8, 4) is 0 Å². The number of rotatable bonds is 3. The van der Waals surface area contributed by atoms with Crippen molar-refractivity contribution in [2.24, 2.45) is 0 Å². The van der Waals surface area contributed by atoms with Crippen LogP contribution in [-0.2, 0) is 0 Å². The van der Waals surface area contributed by atoms with Gasteiger partial charge in [-0.15, -0.1) is 0 Å². The zero-order valence-corrected chi connectivity index (χ0v) is 11.0. The molecule has 2 aromatic rings. The summed E-state index contributed by atoms with van der Waals surface area (Å²) in [5.74, 6) is -0.706. The van der Waals surface area contributed by atoms with Gasteiger partial charge in [0.1, 0.15) is 22.2 Å². The Morgan fingerprint density at radius 2 is 2.26 bits per heavy atom. The van der Waals surface area contributed by atoms with Crippen molar-refractivity contribution in [2.75, 3.05) is 12.4 Å². The number of H-pyrrole nitrogens is 1. The Labute approximate surface area is 111 Å². The Hall–Kier alpha value is -2.22. The molecule has 3 N–H and O–H groups in total. The standard InChI is InChI=1S/C11H11FN4O2S/c1-5-4-14-7(3-6(5)12)15-11-8(9(17)13-2)10(18)16-19-11/h3-4H,1-2H3,(H,13,17)(H,14,15)(H,16,18). The summed E-state index contributed by atoms with van der Waals surface area (Å²) in [6.07, 6.45) is 1.37. The largest absolute Gasteiger partial charge is 0.355 e. The molecule has 2 heterocycles. The van der Waals surface area contributed by atoms with E-state index in [1.165, 1.54) is 19.3 Å². The highest BCUT2D eigenvalue weighted by molar-refractivity contribution is 7.10. The first kappa shape index (κ1) is 13.2. The third-order valence-corrected chi connectivity index (χ3v) is 3.23. The van der Waals surface area contributed by atoms with Gasteiger partial charge in [0.15, 0.2) is 0 Å². The van der Waals surface area contributed by atoms with E-state index in [2.05, 4.69) is 20.0 Å². The minimum atomic E-state index is -0.516. The number of pyridine rings is 1. The average Bonchev–Trinajstić information content (AvgIpc) is 2.74. The highest BCUT2D eigenvalue weighted by Crippen LogP contribution is 2.22. The van der Waals surface area contributed by atoms with Crippen LogP contribution >= 0.6 is 11.5 Å². The molecule has 0 bridgehead atoms. The molecule has 0 spiro atoms. The van der Waals surface area contributed by atoms with Gasteiger partial charge in [-0.05, 0) is 18.5 Å². The van der Waals surface area contributed by atoms with Crippen molar-refractivity contribution in [3.63, 3.8) is 0 Å². The molecule has 0 aromatic carbocycles. The number of amides is 1. The molecule has 100 valence electrons. The number of halogens is 1. The lowest BCUT2D eigenvalue weighted by molar-refractivity contribution is 0.0963. The number of carbonyl (C=O) groups excluding carboxylic acids is 1. The molecule has 0 aliphatic rings. The molecule has 0 fully saturated rings. The number of aromatic amines is 1. The summed E-state index contributed by atoms with van der Waals surface area (Å²) in [5.41, 5.74) is -0.131. The quantitative estimate of drug-likeness (QED) is 0.793. The molecule has 0 atom stereocenters. The highest BCUT2D eigenvalue weighted by atomic mass is 32.1. The Morgan fingerprint density at radius 1 is 1.53 bits per heavy atom. The second-order valence-corrected chi connectivity index (χ2v) is 4.58. The van der Waals surface area contributed by atoms with Crippen LogP contribution in [0.25, 0.3) is 0 Å². The van der Waals surface area contributed by atoms with Gasteiger partial charge in [-0.1, -0.05) is 0 Å². The fourth-order valence-electron chi connectivity index (χ4n) is 1.41. The molecule has 1 amide bonds. The summed E-state index contributed by atoms with van der Waals surface area (Å²) < 4.78 is 15.8. The fourth-order valence-corrected chi connectivity index (χ4v) is 2.15. The van der Waals surface area contributed by atoms with Gasteiger partial charge in [0, 0.05) is 24.9 Å². The normalized spacial score (nSPS) is 10.3. The van der Waals surface area contributed by atoms with Crippen LogP contribution in [0.15, 0.2) is 17.1 Å². The van der Waals surface area contributed by atoms with Crippen LogP contribution in [-0.4, -0.2) is 22.3 Å². The first-order chi connectivity index (χ1) is 9.02. The Bertz CT molecular complexity index is 680. The number of hydrogen-bond donors (Lipinski definition) is 3. The second kappa shape index (κ2) is 5.19. The van der Waals surface area contributed by atoms with Crippen LogP contribution in [0.4, 0.5) is 15.2 Å². The van der Waals surface area contributed by atoms with E-state index in [0.717, 1.165) is 11.5 Å². The van der Waals surface area contributed by atoms with Gasteiger partial charge in [0.05, 0.1) is 0 Å². The maximum atomic E-state index is 13.4. The molecule has 2 rings (SSSR count). The third kappa shape index (κ3) is 2.63. The Morgan fingerprint density at radius 3 is 2.89 bits per heavy atom. The first-order valence-corrected chi connectivity index (χ1v) is 6.17. The zero-order valence-electron chi connectivity index (χ0n) is 10.2. The third-order valence-electron chi connectivity index (χ3n) is 2.43. The van der Waals surface area contributed by atoms with E-state index >= 15 is 0 Å². The van der Waals surface area contributed by atoms with Gasteiger partial charge in [0.25, 0.3) is 11.5 Å². The predicted molar refractivity (Wildman–Crippen MR) is 70.5 cm³/mol. The summed E-state index contributed by atoms with van der Waals surface area (Å²) in [6, 6.07) is 1.20. The number of aryl methyl sites for hydroxylation is 1. The van der Waals surface area contributed by atoms with Crippen molar-refractivity contribution >= 4 is 28.3 Å². The zero-order chi connectivity index (χ0) is 14.0. The summed E-state index contributed by atoms with van der Waals surface area (Å²) in [7, 11) is 1.42. The molecule has 0 aliphatic carbocycles. The number of hydrogen-bond acceptors (Lipinski definition) is 5. The van der Waals surface area contributed by atoms with E-state index in [-0.39, 0.29) is 11.4 Å². The smallest absolute Gasteiger partial charge is 0.273 e. The van der Waals surface area contributed by atoms with Gasteiger partial charge in [-0.3, -0.25) is 14.0 Å². The lowest BCUT2D eigenvalue weighted by atomic mass is 10.3. The van der Waals surface area contributed by atoms with E-state index in [1.807, 2.05) is 0 Å². The maximum Gasteiger partial charge on any atom is 0.273 e. The van der Waals surface area contributed by atoms with Crippen molar-refractivity contribution < 1.29 is 9.18 Å². The number of nitrogens with zero attached hydrogens (tertiary/aromatic N) is 1. The molecular formula is C11H11FN4O2S. The number of carbonyl (C=O) groups is 1. The van der Waals surface area contributed by atoms with E-state index in [9.17, 15) is 14.0 Å². The molecule has 2 aromatic heterocycles. The van der Waals surface area contributed by atoms with Crippen LogP contribution in [0.3, 0.4) is 0 Å². The van der Waals surface area contributed by atoms with Gasteiger partial charge in [-0.25, -0.2) is 9.37 Å². The monoisotopic (exact) mass is 282 g/mol. The van der Waals surface area contributed by atoms with Gasteiger partial charge in [-0.2, -0.15) is 0 Å². The van der Waals surface area contributed by atoms with Crippen LogP contribution in [0.1, 0.15) is 15.9 Å². The number of aromatic nitrogens is 2. The molecule has 8 heteroatoms. The van der Waals surface area contributed by atoms with Crippen LogP contribution in [0, 0.1) is 12.7 Å². The van der Waals surface area contributed by atoms with Crippen LogP contribution < -0.4 is 16.2 Å². The minimum Gasteiger partial charge on any atom is -0.355 e.